The second-order valence-electron chi connectivity index (χ2n) is 3.02. The van der Waals surface area contributed by atoms with E-state index < -0.39 is 11.7 Å². The molecule has 0 saturated heterocycles. The van der Waals surface area contributed by atoms with E-state index >= 15 is 0 Å². The van der Waals surface area contributed by atoms with Crippen molar-refractivity contribution in [3.63, 3.8) is 0 Å². The molecule has 1 rings (SSSR count). The van der Waals surface area contributed by atoms with Gasteiger partial charge in [-0.25, -0.2) is 0 Å². The van der Waals surface area contributed by atoms with Crippen molar-refractivity contribution in [3.05, 3.63) is 23.7 Å². The van der Waals surface area contributed by atoms with Gasteiger partial charge in [-0.2, -0.15) is 14.3 Å². The van der Waals surface area contributed by atoms with Crippen molar-refractivity contribution < 1.29 is 22.8 Å². The second-order valence-corrected chi connectivity index (χ2v) is 3.99. The van der Waals surface area contributed by atoms with Gasteiger partial charge in [-0.05, 0) is 12.1 Å². The quantitative estimate of drug-likeness (QED) is 0.547. The molecule has 0 aliphatic heterocycles. The fraction of sp³-hybridized carbons (Fsp3) is 0.444. The van der Waals surface area contributed by atoms with Crippen molar-refractivity contribution in [2.45, 2.75) is 18.1 Å². The van der Waals surface area contributed by atoms with Crippen molar-refractivity contribution in [2.75, 3.05) is 6.61 Å². The maximum atomic E-state index is 11.9. The predicted molar refractivity (Wildman–Crippen MR) is 58.0 cm³/mol. The Labute approximate surface area is 101 Å². The summed E-state index contributed by atoms with van der Waals surface area (Å²) in [7, 11) is 0. The van der Waals surface area contributed by atoms with E-state index in [1.807, 2.05) is 0 Å². The third-order valence-electron chi connectivity index (χ3n) is 1.63. The molecule has 1 amide bonds. The molecule has 3 N–H and O–H groups in total. The Balaban J connectivity index is 2.23. The molecule has 8 heteroatoms. The molecule has 1 aromatic rings. The molecule has 0 atom stereocenters. The first kappa shape index (κ1) is 13.9. The summed E-state index contributed by atoms with van der Waals surface area (Å²) in [5.74, 6) is -1.91. The zero-order valence-corrected chi connectivity index (χ0v) is 9.64. The summed E-state index contributed by atoms with van der Waals surface area (Å²) in [5.41, 5.74) is 7.30. The Morgan fingerprint density at radius 1 is 1.53 bits per heavy atom. The van der Waals surface area contributed by atoms with E-state index in [4.69, 9.17) is 15.0 Å². The van der Waals surface area contributed by atoms with Crippen LogP contribution in [0.4, 0.5) is 8.78 Å². The highest BCUT2D eigenvalue weighted by Gasteiger charge is 2.07. The lowest BCUT2D eigenvalue weighted by Gasteiger charge is -2.01. The van der Waals surface area contributed by atoms with Gasteiger partial charge in [0.05, 0.1) is 12.3 Å². The molecule has 96 valence electrons. The van der Waals surface area contributed by atoms with Crippen LogP contribution < -0.4 is 11.2 Å². The van der Waals surface area contributed by atoms with Gasteiger partial charge in [-0.15, -0.1) is 0 Å². The van der Waals surface area contributed by atoms with E-state index in [0.717, 1.165) is 0 Å². The summed E-state index contributed by atoms with van der Waals surface area (Å²) in [6.07, 6.45) is 0. The number of carbonyl (C=O) groups is 1. The van der Waals surface area contributed by atoms with Crippen LogP contribution in [0.5, 0.6) is 0 Å². The topological polar surface area (TPSA) is 77.5 Å². The molecule has 5 nitrogen and oxygen atoms in total. The number of alkyl halides is 2. The molecule has 0 spiro atoms. The SMILES string of the molecule is NC(=O)CONCc1ccc(CSC(F)F)o1. The van der Waals surface area contributed by atoms with Crippen molar-refractivity contribution in [1.82, 2.24) is 5.48 Å². The van der Waals surface area contributed by atoms with Gasteiger partial charge in [0.25, 0.3) is 5.76 Å². The minimum absolute atomic E-state index is 0.111. The lowest BCUT2D eigenvalue weighted by Crippen LogP contribution is -2.24. The van der Waals surface area contributed by atoms with Crippen LogP contribution in [-0.4, -0.2) is 18.3 Å². The number of nitrogens with two attached hydrogens (primary N) is 1. The first-order valence-electron chi connectivity index (χ1n) is 4.68. The monoisotopic (exact) mass is 266 g/mol. The summed E-state index contributed by atoms with van der Waals surface area (Å²) < 4.78 is 29.0. The number of hydroxylamine groups is 1. The standard InChI is InChI=1S/C9H12F2N2O3S/c10-9(11)17-5-7-2-1-6(16-7)3-13-15-4-8(12)14/h1-2,9,13H,3-5H2,(H2,12,14). The molecule has 0 bridgehead atoms. The minimum Gasteiger partial charge on any atom is -0.464 e. The number of halogens is 2. The number of primary amides is 1. The lowest BCUT2D eigenvalue weighted by atomic mass is 10.4. The van der Waals surface area contributed by atoms with E-state index in [9.17, 15) is 13.6 Å². The fourth-order valence-corrected chi connectivity index (χ4v) is 1.43. The second kappa shape index (κ2) is 7.25. The van der Waals surface area contributed by atoms with E-state index in [0.29, 0.717) is 23.3 Å². The van der Waals surface area contributed by atoms with Crippen LogP contribution in [0.15, 0.2) is 16.5 Å². The molecule has 0 saturated carbocycles. The van der Waals surface area contributed by atoms with Crippen LogP contribution in [0.25, 0.3) is 0 Å². The van der Waals surface area contributed by atoms with E-state index in [1.165, 1.54) is 0 Å². The van der Waals surface area contributed by atoms with Gasteiger partial charge in [0.2, 0.25) is 5.91 Å². The predicted octanol–water partition coefficient (Wildman–Crippen LogP) is 1.24. The van der Waals surface area contributed by atoms with E-state index in [-0.39, 0.29) is 18.9 Å². The molecule has 0 aromatic carbocycles. The lowest BCUT2D eigenvalue weighted by molar-refractivity contribution is -0.125. The number of hydrogen-bond acceptors (Lipinski definition) is 5. The van der Waals surface area contributed by atoms with Gasteiger partial charge in [0.1, 0.15) is 18.1 Å². The highest BCUT2D eigenvalue weighted by Crippen LogP contribution is 2.21. The van der Waals surface area contributed by atoms with Gasteiger partial charge < -0.3 is 10.2 Å². The fourth-order valence-electron chi connectivity index (χ4n) is 0.984. The van der Waals surface area contributed by atoms with Crippen LogP contribution in [0, 0.1) is 0 Å². The average molecular weight is 266 g/mol. The zero-order chi connectivity index (χ0) is 12.7. The molecular formula is C9H12F2N2O3S. The number of thioether (sulfide) groups is 1. The van der Waals surface area contributed by atoms with Crippen molar-refractivity contribution in [2.24, 2.45) is 5.73 Å². The van der Waals surface area contributed by atoms with Gasteiger partial charge in [-0.1, -0.05) is 11.8 Å². The molecular weight excluding hydrogens is 254 g/mol. The third-order valence-corrected chi connectivity index (χ3v) is 2.33. The van der Waals surface area contributed by atoms with Crippen molar-refractivity contribution >= 4 is 17.7 Å². The summed E-state index contributed by atoms with van der Waals surface area (Å²) in [5, 5.41) is 0. The molecule has 0 radical (unpaired) electrons. The van der Waals surface area contributed by atoms with Gasteiger partial charge in [0, 0.05) is 0 Å². The molecule has 0 unspecified atom stereocenters. The first-order valence-corrected chi connectivity index (χ1v) is 5.73. The largest absolute Gasteiger partial charge is 0.464 e. The summed E-state index contributed by atoms with van der Waals surface area (Å²) >= 11 is 0.490. The number of nitrogens with one attached hydrogen (secondary N) is 1. The van der Waals surface area contributed by atoms with Crippen molar-refractivity contribution in [3.8, 4) is 0 Å². The van der Waals surface area contributed by atoms with Crippen molar-refractivity contribution in [1.29, 1.82) is 0 Å². The maximum absolute atomic E-state index is 11.9. The minimum atomic E-state index is -2.42. The van der Waals surface area contributed by atoms with Crippen LogP contribution in [0.2, 0.25) is 0 Å². The average Bonchev–Trinajstić information content (AvgIpc) is 2.69. The van der Waals surface area contributed by atoms with Gasteiger partial charge >= 0.3 is 0 Å². The number of amides is 1. The highest BCUT2D eigenvalue weighted by atomic mass is 32.2. The Morgan fingerprint density at radius 2 is 2.24 bits per heavy atom. The normalized spacial score (nSPS) is 11.0. The number of carbonyl (C=O) groups excluding carboxylic acids is 1. The van der Waals surface area contributed by atoms with Crippen LogP contribution in [0.3, 0.4) is 0 Å². The maximum Gasteiger partial charge on any atom is 0.284 e. The Morgan fingerprint density at radius 3 is 2.88 bits per heavy atom. The van der Waals surface area contributed by atoms with Crippen LogP contribution >= 0.6 is 11.8 Å². The molecule has 0 aliphatic rings. The van der Waals surface area contributed by atoms with Gasteiger partial charge in [0.15, 0.2) is 0 Å². The molecule has 1 aromatic heterocycles. The Bertz CT molecular complexity index is 360. The van der Waals surface area contributed by atoms with Crippen LogP contribution in [-0.2, 0) is 21.9 Å². The highest BCUT2D eigenvalue weighted by molar-refractivity contribution is 7.98. The smallest absolute Gasteiger partial charge is 0.284 e. The Kier molecular flexibility index (Phi) is 5.95. The first-order chi connectivity index (χ1) is 8.08. The molecule has 0 aliphatic carbocycles. The Hall–Kier alpha value is -1.12. The molecule has 17 heavy (non-hydrogen) atoms. The summed E-state index contributed by atoms with van der Waals surface area (Å²) in [6, 6.07) is 3.25. The van der Waals surface area contributed by atoms with Gasteiger partial charge in [-0.3, -0.25) is 9.63 Å². The number of rotatable bonds is 8. The molecule has 0 fully saturated rings. The summed E-state index contributed by atoms with van der Waals surface area (Å²) in [6.45, 7) is -0.0125. The molecule has 1 heterocycles. The number of furan rings is 1. The number of hydrogen-bond donors (Lipinski definition) is 2. The van der Waals surface area contributed by atoms with Crippen LogP contribution in [0.1, 0.15) is 11.5 Å². The summed E-state index contributed by atoms with van der Waals surface area (Å²) in [4.78, 5) is 15.0. The third kappa shape index (κ3) is 6.25. The van der Waals surface area contributed by atoms with E-state index in [2.05, 4.69) is 5.48 Å². The zero-order valence-electron chi connectivity index (χ0n) is 8.82. The van der Waals surface area contributed by atoms with E-state index in [1.54, 1.807) is 12.1 Å².